The molecule has 1 amide bonds. The zero-order chi connectivity index (χ0) is 9.68. The van der Waals surface area contributed by atoms with E-state index < -0.39 is 6.09 Å². The van der Waals surface area contributed by atoms with Crippen molar-refractivity contribution < 1.29 is 14.3 Å². The lowest BCUT2D eigenvalue weighted by molar-refractivity contribution is 0.196. The molecule has 0 aliphatic carbocycles. The molecule has 0 fully saturated rings. The molecule has 5 heteroatoms. The van der Waals surface area contributed by atoms with Gasteiger partial charge in [-0.05, 0) is 34.0 Å². The number of hydrogen-bond acceptors (Lipinski definition) is 2. The van der Waals surface area contributed by atoms with Gasteiger partial charge in [0.1, 0.15) is 0 Å². The van der Waals surface area contributed by atoms with E-state index in [1.54, 1.807) is 12.1 Å². The number of amides is 1. The molecular formula is C8H6BrNO3. The van der Waals surface area contributed by atoms with Crippen molar-refractivity contribution in [3.8, 4) is 11.8 Å². The molecule has 0 saturated heterocycles. The lowest BCUT2D eigenvalue weighted by Gasteiger charge is -1.88. The van der Waals surface area contributed by atoms with E-state index >= 15 is 0 Å². The Morgan fingerprint density at radius 1 is 1.69 bits per heavy atom. The van der Waals surface area contributed by atoms with Gasteiger partial charge in [-0.2, -0.15) is 0 Å². The van der Waals surface area contributed by atoms with Gasteiger partial charge in [0.2, 0.25) is 0 Å². The van der Waals surface area contributed by atoms with Gasteiger partial charge in [-0.15, -0.1) is 0 Å². The van der Waals surface area contributed by atoms with Crippen LogP contribution in [0.2, 0.25) is 0 Å². The first kappa shape index (κ1) is 9.68. The highest BCUT2D eigenvalue weighted by atomic mass is 79.9. The van der Waals surface area contributed by atoms with Crippen LogP contribution in [-0.4, -0.2) is 17.7 Å². The predicted octanol–water partition coefficient (Wildman–Crippen LogP) is 1.66. The summed E-state index contributed by atoms with van der Waals surface area (Å²) in [5, 5.41) is 10.3. The van der Waals surface area contributed by atoms with Crippen LogP contribution in [0.3, 0.4) is 0 Å². The van der Waals surface area contributed by atoms with E-state index in [4.69, 9.17) is 9.52 Å². The second-order valence-corrected chi connectivity index (χ2v) is 2.85. The maximum atomic E-state index is 10.0. The number of rotatable bonds is 1. The SMILES string of the molecule is O=C(O)NCC#Cc1ccc(Br)o1. The highest BCUT2D eigenvalue weighted by molar-refractivity contribution is 9.10. The lowest BCUT2D eigenvalue weighted by Crippen LogP contribution is -2.20. The maximum Gasteiger partial charge on any atom is 0.405 e. The molecule has 0 spiro atoms. The fourth-order valence-electron chi connectivity index (χ4n) is 0.633. The summed E-state index contributed by atoms with van der Waals surface area (Å²) in [4.78, 5) is 10.0. The van der Waals surface area contributed by atoms with Crippen molar-refractivity contribution in [2.24, 2.45) is 0 Å². The number of halogens is 1. The van der Waals surface area contributed by atoms with E-state index in [0.29, 0.717) is 10.4 Å². The van der Waals surface area contributed by atoms with Crippen LogP contribution in [0.15, 0.2) is 21.2 Å². The Bertz CT molecular complexity index is 361. The van der Waals surface area contributed by atoms with Crippen molar-refractivity contribution in [2.75, 3.05) is 6.54 Å². The largest absolute Gasteiger partial charge is 0.465 e. The third-order valence-corrected chi connectivity index (χ3v) is 1.54. The summed E-state index contributed by atoms with van der Waals surface area (Å²) >= 11 is 3.12. The second kappa shape index (κ2) is 4.58. The molecule has 13 heavy (non-hydrogen) atoms. The molecule has 68 valence electrons. The van der Waals surface area contributed by atoms with Gasteiger partial charge in [0.25, 0.3) is 0 Å². The summed E-state index contributed by atoms with van der Waals surface area (Å²) in [6, 6.07) is 3.41. The van der Waals surface area contributed by atoms with E-state index in [1.807, 2.05) is 0 Å². The van der Waals surface area contributed by atoms with Crippen LogP contribution >= 0.6 is 15.9 Å². The van der Waals surface area contributed by atoms with Crippen molar-refractivity contribution in [1.29, 1.82) is 0 Å². The highest BCUT2D eigenvalue weighted by Gasteiger charge is 1.93. The summed E-state index contributed by atoms with van der Waals surface area (Å²) in [5.41, 5.74) is 0. The fourth-order valence-corrected chi connectivity index (χ4v) is 0.939. The molecule has 1 aromatic heterocycles. The molecule has 1 heterocycles. The standard InChI is InChI=1S/C8H6BrNO3/c9-7-4-3-6(13-7)2-1-5-10-8(11)12/h3-4,10H,5H2,(H,11,12). The predicted molar refractivity (Wildman–Crippen MR) is 49.3 cm³/mol. The van der Waals surface area contributed by atoms with Crippen molar-refractivity contribution in [3.63, 3.8) is 0 Å². The third kappa shape index (κ3) is 3.67. The summed E-state index contributed by atoms with van der Waals surface area (Å²) < 4.78 is 5.66. The van der Waals surface area contributed by atoms with Gasteiger partial charge in [0, 0.05) is 0 Å². The highest BCUT2D eigenvalue weighted by Crippen LogP contribution is 2.12. The van der Waals surface area contributed by atoms with Gasteiger partial charge in [-0.3, -0.25) is 0 Å². The van der Waals surface area contributed by atoms with E-state index in [9.17, 15) is 4.79 Å². The minimum absolute atomic E-state index is 0.0909. The first-order valence-electron chi connectivity index (χ1n) is 3.39. The summed E-state index contributed by atoms with van der Waals surface area (Å²) in [7, 11) is 0. The average molecular weight is 244 g/mol. The van der Waals surface area contributed by atoms with Gasteiger partial charge in [0.15, 0.2) is 10.4 Å². The molecule has 4 nitrogen and oxygen atoms in total. The number of furan rings is 1. The van der Waals surface area contributed by atoms with Crippen molar-refractivity contribution in [2.45, 2.75) is 0 Å². The molecule has 1 rings (SSSR count). The van der Waals surface area contributed by atoms with Crippen LogP contribution in [0, 0.1) is 11.8 Å². The van der Waals surface area contributed by atoms with Crippen LogP contribution in [0.1, 0.15) is 5.76 Å². The van der Waals surface area contributed by atoms with E-state index in [-0.39, 0.29) is 6.54 Å². The first-order chi connectivity index (χ1) is 6.18. The zero-order valence-corrected chi connectivity index (χ0v) is 8.09. The quantitative estimate of drug-likeness (QED) is 0.738. The Morgan fingerprint density at radius 3 is 3.00 bits per heavy atom. The van der Waals surface area contributed by atoms with Gasteiger partial charge in [-0.1, -0.05) is 5.92 Å². The number of carbonyl (C=O) groups is 1. The second-order valence-electron chi connectivity index (χ2n) is 2.06. The minimum Gasteiger partial charge on any atom is -0.465 e. The number of nitrogens with one attached hydrogen (secondary N) is 1. The Labute approximate surface area is 83.1 Å². The summed E-state index contributed by atoms with van der Waals surface area (Å²) in [5.74, 6) is 5.74. The smallest absolute Gasteiger partial charge is 0.405 e. The van der Waals surface area contributed by atoms with Crippen molar-refractivity contribution >= 4 is 22.0 Å². The monoisotopic (exact) mass is 243 g/mol. The molecule has 0 atom stereocenters. The summed E-state index contributed by atoms with van der Waals surface area (Å²) in [6.45, 7) is 0.0909. The number of carboxylic acid groups (broad SMARTS) is 1. The van der Waals surface area contributed by atoms with Gasteiger partial charge >= 0.3 is 6.09 Å². The third-order valence-electron chi connectivity index (χ3n) is 1.11. The van der Waals surface area contributed by atoms with Crippen LogP contribution in [0.5, 0.6) is 0 Å². The molecule has 0 aliphatic heterocycles. The van der Waals surface area contributed by atoms with E-state index in [1.165, 1.54) is 0 Å². The first-order valence-corrected chi connectivity index (χ1v) is 4.19. The zero-order valence-electron chi connectivity index (χ0n) is 6.50. The van der Waals surface area contributed by atoms with Crippen molar-refractivity contribution in [3.05, 3.63) is 22.6 Å². The Morgan fingerprint density at radius 2 is 2.46 bits per heavy atom. The van der Waals surface area contributed by atoms with Crippen LogP contribution < -0.4 is 5.32 Å². The molecule has 0 aliphatic rings. The molecule has 0 bridgehead atoms. The Balaban J connectivity index is 2.44. The molecule has 0 radical (unpaired) electrons. The number of hydrogen-bond donors (Lipinski definition) is 2. The molecule has 1 aromatic rings. The molecule has 0 aromatic carbocycles. The maximum absolute atomic E-state index is 10.0. The summed E-state index contributed by atoms with van der Waals surface area (Å²) in [6.07, 6.45) is -1.09. The minimum atomic E-state index is -1.09. The fraction of sp³-hybridized carbons (Fsp3) is 0.125. The normalized spacial score (nSPS) is 8.69. The Hall–Kier alpha value is -1.41. The van der Waals surface area contributed by atoms with Crippen LogP contribution in [-0.2, 0) is 0 Å². The Kier molecular flexibility index (Phi) is 3.41. The molecule has 0 saturated carbocycles. The van der Waals surface area contributed by atoms with Crippen LogP contribution in [0.25, 0.3) is 0 Å². The van der Waals surface area contributed by atoms with Crippen LogP contribution in [0.4, 0.5) is 4.79 Å². The van der Waals surface area contributed by atoms with E-state index in [2.05, 4.69) is 33.1 Å². The average Bonchev–Trinajstić information content (AvgIpc) is 2.45. The van der Waals surface area contributed by atoms with E-state index in [0.717, 1.165) is 0 Å². The van der Waals surface area contributed by atoms with Gasteiger partial charge in [-0.25, -0.2) is 4.79 Å². The van der Waals surface area contributed by atoms with Gasteiger partial charge in [0.05, 0.1) is 6.54 Å². The molecular weight excluding hydrogens is 238 g/mol. The van der Waals surface area contributed by atoms with Crippen molar-refractivity contribution in [1.82, 2.24) is 5.32 Å². The molecule has 0 unspecified atom stereocenters. The topological polar surface area (TPSA) is 62.5 Å². The molecule has 2 N–H and O–H groups in total. The lowest BCUT2D eigenvalue weighted by atomic mass is 10.4. The van der Waals surface area contributed by atoms with Gasteiger partial charge < -0.3 is 14.8 Å².